The maximum atomic E-state index is 13.3. The summed E-state index contributed by atoms with van der Waals surface area (Å²) in [7, 11) is -4.08. The number of benzene rings is 1. The van der Waals surface area contributed by atoms with Gasteiger partial charge in [-0.2, -0.15) is 0 Å². The Bertz CT molecular complexity index is 822. The van der Waals surface area contributed by atoms with Crippen molar-refractivity contribution in [1.82, 2.24) is 0 Å². The van der Waals surface area contributed by atoms with Crippen molar-refractivity contribution in [3.63, 3.8) is 0 Å². The highest BCUT2D eigenvalue weighted by atomic mass is 79.9. The summed E-state index contributed by atoms with van der Waals surface area (Å²) in [6.07, 6.45) is 0. The Labute approximate surface area is 130 Å². The molecule has 0 spiro atoms. The van der Waals surface area contributed by atoms with Crippen LogP contribution in [0.25, 0.3) is 0 Å². The van der Waals surface area contributed by atoms with Crippen LogP contribution in [0.15, 0.2) is 32.9 Å². The van der Waals surface area contributed by atoms with Gasteiger partial charge in [0.15, 0.2) is 5.00 Å². The largest absolute Gasteiger partial charge is 0.385 e. The van der Waals surface area contributed by atoms with Crippen molar-refractivity contribution in [2.45, 2.75) is 4.21 Å². The van der Waals surface area contributed by atoms with Crippen LogP contribution in [0.3, 0.4) is 0 Å². The van der Waals surface area contributed by atoms with E-state index in [2.05, 4.69) is 20.7 Å². The molecule has 0 fully saturated rings. The number of anilines is 2. The molecule has 7 nitrogen and oxygen atoms in total. The molecule has 1 aromatic carbocycles. The molecule has 0 aliphatic heterocycles. The lowest BCUT2D eigenvalue weighted by atomic mass is 10.3. The van der Waals surface area contributed by atoms with Gasteiger partial charge in [-0.1, -0.05) is 11.3 Å². The lowest BCUT2D eigenvalue weighted by Crippen LogP contribution is -2.11. The third kappa shape index (κ3) is 3.31. The fraction of sp³-hybridized carbons (Fsp3) is 0. The van der Waals surface area contributed by atoms with E-state index in [4.69, 9.17) is 5.73 Å². The predicted molar refractivity (Wildman–Crippen MR) is 80.3 cm³/mol. The molecule has 1 heterocycles. The van der Waals surface area contributed by atoms with Crippen molar-refractivity contribution in [1.29, 1.82) is 0 Å². The average molecular weight is 396 g/mol. The van der Waals surface area contributed by atoms with Crippen molar-refractivity contribution in [2.24, 2.45) is 0 Å². The molecule has 0 aliphatic rings. The predicted octanol–water partition coefficient (Wildman–Crippen LogP) is 2.94. The zero-order valence-electron chi connectivity index (χ0n) is 10.0. The lowest BCUT2D eigenvalue weighted by molar-refractivity contribution is -0.383. The number of nitrogens with two attached hydrogens (primary N) is 1. The summed E-state index contributed by atoms with van der Waals surface area (Å²) in [5.74, 6) is -0.646. The molecule has 0 saturated heterocycles. The zero-order valence-corrected chi connectivity index (χ0v) is 13.3. The highest BCUT2D eigenvalue weighted by Gasteiger charge is 2.25. The molecular weight excluding hydrogens is 389 g/mol. The van der Waals surface area contributed by atoms with Crippen LogP contribution in [0.4, 0.5) is 20.8 Å². The van der Waals surface area contributed by atoms with E-state index in [0.29, 0.717) is 11.3 Å². The van der Waals surface area contributed by atoms with E-state index in [-0.39, 0.29) is 19.4 Å². The van der Waals surface area contributed by atoms with Crippen molar-refractivity contribution in [2.75, 3.05) is 10.5 Å². The Morgan fingerprint density at radius 3 is 2.57 bits per heavy atom. The van der Waals surface area contributed by atoms with Gasteiger partial charge >= 0.3 is 5.69 Å². The molecule has 2 rings (SSSR count). The average Bonchev–Trinajstić information content (AvgIpc) is 2.77. The standard InChI is InChI=1S/C10H7BrFN3O4S2/c11-6-2-1-5(3-7(6)12)14-21(18,19)9-4-8(15(16)17)10(13)20-9/h1-4,14H,13H2. The first-order chi connectivity index (χ1) is 9.70. The van der Waals surface area contributed by atoms with Crippen LogP contribution >= 0.6 is 27.3 Å². The van der Waals surface area contributed by atoms with E-state index in [1.807, 2.05) is 0 Å². The Morgan fingerprint density at radius 2 is 2.05 bits per heavy atom. The molecule has 112 valence electrons. The van der Waals surface area contributed by atoms with Crippen LogP contribution in [0, 0.1) is 15.9 Å². The highest BCUT2D eigenvalue weighted by molar-refractivity contribution is 9.10. The second-order valence-corrected chi connectivity index (χ2v) is 7.65. The van der Waals surface area contributed by atoms with Crippen molar-refractivity contribution < 1.29 is 17.7 Å². The second-order valence-electron chi connectivity index (χ2n) is 3.81. The van der Waals surface area contributed by atoms with Gasteiger partial charge in [0, 0.05) is 6.07 Å². The fourth-order valence-electron chi connectivity index (χ4n) is 1.41. The number of hydrogen-bond acceptors (Lipinski definition) is 6. The van der Waals surface area contributed by atoms with Gasteiger partial charge in [-0.25, -0.2) is 12.8 Å². The molecular formula is C10H7BrFN3O4S2. The number of sulfonamides is 1. The minimum Gasteiger partial charge on any atom is -0.385 e. The fourth-order valence-corrected chi connectivity index (χ4v) is 3.92. The first kappa shape index (κ1) is 15.7. The molecule has 0 bridgehead atoms. The van der Waals surface area contributed by atoms with Crippen LogP contribution in [-0.2, 0) is 10.0 Å². The Balaban J connectivity index is 2.36. The Kier molecular flexibility index (Phi) is 4.16. The van der Waals surface area contributed by atoms with Gasteiger partial charge in [-0.3, -0.25) is 14.8 Å². The lowest BCUT2D eigenvalue weighted by Gasteiger charge is -2.06. The number of hydrogen-bond donors (Lipinski definition) is 2. The van der Waals surface area contributed by atoms with Gasteiger partial charge in [0.05, 0.1) is 15.1 Å². The smallest absolute Gasteiger partial charge is 0.304 e. The molecule has 0 saturated carbocycles. The van der Waals surface area contributed by atoms with Gasteiger partial charge in [-0.05, 0) is 34.1 Å². The topological polar surface area (TPSA) is 115 Å². The van der Waals surface area contributed by atoms with E-state index in [1.165, 1.54) is 12.1 Å². The van der Waals surface area contributed by atoms with Gasteiger partial charge < -0.3 is 5.73 Å². The Hall–Kier alpha value is -1.72. The first-order valence-corrected chi connectivity index (χ1v) is 8.31. The van der Waals surface area contributed by atoms with Gasteiger partial charge in [0.2, 0.25) is 0 Å². The molecule has 3 N–H and O–H groups in total. The van der Waals surface area contributed by atoms with E-state index < -0.39 is 26.5 Å². The van der Waals surface area contributed by atoms with Gasteiger partial charge in [-0.15, -0.1) is 0 Å². The molecule has 21 heavy (non-hydrogen) atoms. The van der Waals surface area contributed by atoms with E-state index >= 15 is 0 Å². The SMILES string of the molecule is Nc1sc(S(=O)(=O)Nc2ccc(Br)c(F)c2)cc1[N+](=O)[O-]. The molecule has 2 aromatic rings. The number of nitrogens with one attached hydrogen (secondary N) is 1. The summed E-state index contributed by atoms with van der Waals surface area (Å²) < 4.78 is 39.5. The summed E-state index contributed by atoms with van der Waals surface area (Å²) in [6.45, 7) is 0. The van der Waals surface area contributed by atoms with Crippen molar-refractivity contribution in [3.05, 3.63) is 44.7 Å². The van der Waals surface area contributed by atoms with Crippen LogP contribution in [0.1, 0.15) is 0 Å². The molecule has 0 aliphatic carbocycles. The molecule has 0 amide bonds. The third-order valence-electron chi connectivity index (χ3n) is 2.35. The summed E-state index contributed by atoms with van der Waals surface area (Å²) in [5, 5.41) is 10.4. The number of nitrogens with zero attached hydrogens (tertiary/aromatic N) is 1. The van der Waals surface area contributed by atoms with E-state index in [9.17, 15) is 22.9 Å². The molecule has 0 radical (unpaired) electrons. The van der Waals surface area contributed by atoms with Crippen molar-refractivity contribution >= 4 is 53.7 Å². The van der Waals surface area contributed by atoms with Gasteiger partial charge in [0.1, 0.15) is 10.0 Å². The molecule has 11 heteroatoms. The maximum Gasteiger partial charge on any atom is 0.304 e. The van der Waals surface area contributed by atoms with Crippen LogP contribution in [0.5, 0.6) is 0 Å². The van der Waals surface area contributed by atoms with Crippen molar-refractivity contribution in [3.8, 4) is 0 Å². The van der Waals surface area contributed by atoms with E-state index in [0.717, 1.165) is 12.1 Å². The number of halogens is 2. The minimum absolute atomic E-state index is 0.00896. The van der Waals surface area contributed by atoms with Gasteiger partial charge in [0.25, 0.3) is 10.0 Å². The maximum absolute atomic E-state index is 13.3. The monoisotopic (exact) mass is 395 g/mol. The number of nitro groups is 1. The molecule has 0 atom stereocenters. The second kappa shape index (κ2) is 5.58. The quantitative estimate of drug-likeness (QED) is 0.609. The summed E-state index contributed by atoms with van der Waals surface area (Å²) >= 11 is 3.50. The number of rotatable bonds is 4. The number of nitrogen functional groups attached to an aromatic ring is 1. The van der Waals surface area contributed by atoms with Crippen LogP contribution in [0.2, 0.25) is 0 Å². The Morgan fingerprint density at radius 1 is 1.38 bits per heavy atom. The molecule has 1 aromatic heterocycles. The highest BCUT2D eigenvalue weighted by Crippen LogP contribution is 2.35. The number of thiophene rings is 1. The summed E-state index contributed by atoms with van der Waals surface area (Å²) in [6, 6.07) is 4.51. The third-order valence-corrected chi connectivity index (χ3v) is 5.80. The first-order valence-electron chi connectivity index (χ1n) is 5.22. The zero-order chi connectivity index (χ0) is 15.8. The van der Waals surface area contributed by atoms with E-state index in [1.54, 1.807) is 0 Å². The van der Waals surface area contributed by atoms with Crippen LogP contribution < -0.4 is 10.5 Å². The normalized spacial score (nSPS) is 11.3. The minimum atomic E-state index is -4.08. The van der Waals surface area contributed by atoms with Crippen LogP contribution in [-0.4, -0.2) is 13.3 Å². The summed E-state index contributed by atoms with van der Waals surface area (Å²) in [4.78, 5) is 9.89. The summed E-state index contributed by atoms with van der Waals surface area (Å²) in [5.41, 5.74) is 4.90. The molecule has 0 unspecified atom stereocenters.